The Morgan fingerprint density at radius 1 is 1.05 bits per heavy atom. The van der Waals surface area contributed by atoms with Crippen molar-refractivity contribution < 1.29 is 9.90 Å². The Balaban J connectivity index is 1.59. The number of fused-ring (bicyclic) bond motifs is 9. The zero-order valence-corrected chi connectivity index (χ0v) is 13.5. The number of allylic oxidation sites excluding steroid dienone is 1. The standard InChI is InChI=1S/C19H28O2/c1-10(18(20)21)9-19(2,3)15-8-13-7-14(15)17-12-5-4-11(6-12)16(13)17/h9,11-17H,4-8H2,1-3H3,(H,20,21). The van der Waals surface area contributed by atoms with Gasteiger partial charge in [0, 0.05) is 5.57 Å². The Morgan fingerprint density at radius 2 is 1.71 bits per heavy atom. The molecule has 4 bridgehead atoms. The fourth-order valence-corrected chi connectivity index (χ4v) is 7.15. The Kier molecular flexibility index (Phi) is 2.88. The van der Waals surface area contributed by atoms with E-state index in [0.717, 1.165) is 35.5 Å². The van der Waals surface area contributed by atoms with E-state index in [9.17, 15) is 9.90 Å². The van der Waals surface area contributed by atoms with Crippen molar-refractivity contribution in [3.63, 3.8) is 0 Å². The van der Waals surface area contributed by atoms with Gasteiger partial charge in [-0.15, -0.1) is 0 Å². The van der Waals surface area contributed by atoms with E-state index < -0.39 is 5.97 Å². The van der Waals surface area contributed by atoms with Gasteiger partial charge in [-0.3, -0.25) is 0 Å². The minimum Gasteiger partial charge on any atom is -0.478 e. The summed E-state index contributed by atoms with van der Waals surface area (Å²) in [4.78, 5) is 11.2. The summed E-state index contributed by atoms with van der Waals surface area (Å²) in [5.41, 5.74) is 0.557. The van der Waals surface area contributed by atoms with Gasteiger partial charge in [-0.2, -0.15) is 0 Å². The van der Waals surface area contributed by atoms with Crippen molar-refractivity contribution in [2.24, 2.45) is 46.8 Å². The molecule has 0 amide bonds. The molecule has 0 radical (unpaired) electrons. The van der Waals surface area contributed by atoms with Crippen molar-refractivity contribution >= 4 is 5.97 Å². The van der Waals surface area contributed by atoms with Gasteiger partial charge in [-0.1, -0.05) is 19.9 Å². The Bertz CT molecular complexity index is 504. The van der Waals surface area contributed by atoms with Gasteiger partial charge in [-0.05, 0) is 85.9 Å². The number of carboxylic acid groups (broad SMARTS) is 1. The molecule has 0 aliphatic heterocycles. The van der Waals surface area contributed by atoms with E-state index in [-0.39, 0.29) is 5.41 Å². The zero-order valence-electron chi connectivity index (χ0n) is 13.5. The highest BCUT2D eigenvalue weighted by Gasteiger charge is 2.63. The van der Waals surface area contributed by atoms with Gasteiger partial charge in [0.05, 0.1) is 0 Å². The van der Waals surface area contributed by atoms with E-state index in [1.165, 1.54) is 32.1 Å². The highest BCUT2D eigenvalue weighted by Crippen LogP contribution is 2.70. The summed E-state index contributed by atoms with van der Waals surface area (Å²) in [5, 5.41) is 9.19. The topological polar surface area (TPSA) is 37.3 Å². The van der Waals surface area contributed by atoms with Crippen molar-refractivity contribution in [1.82, 2.24) is 0 Å². The molecule has 4 saturated carbocycles. The highest BCUT2D eigenvalue weighted by molar-refractivity contribution is 5.85. The first-order chi connectivity index (χ1) is 9.88. The van der Waals surface area contributed by atoms with Crippen LogP contribution < -0.4 is 0 Å². The molecule has 0 aromatic heterocycles. The monoisotopic (exact) mass is 288 g/mol. The normalized spacial score (nSPS) is 48.0. The SMILES string of the molecule is CC(=CC(C)(C)C1CC2CC1C1C3CCC(C3)C21)C(=O)O. The van der Waals surface area contributed by atoms with Crippen LogP contribution in [0.25, 0.3) is 0 Å². The average molecular weight is 288 g/mol. The predicted molar refractivity (Wildman–Crippen MR) is 82.7 cm³/mol. The summed E-state index contributed by atoms with van der Waals surface area (Å²) in [6.07, 6.45) is 9.33. The third-order valence-electron chi connectivity index (χ3n) is 7.62. The van der Waals surface area contributed by atoms with Gasteiger partial charge in [0.1, 0.15) is 0 Å². The summed E-state index contributed by atoms with van der Waals surface area (Å²) in [6.45, 7) is 6.29. The summed E-state index contributed by atoms with van der Waals surface area (Å²) < 4.78 is 0. The maximum Gasteiger partial charge on any atom is 0.330 e. The quantitative estimate of drug-likeness (QED) is 0.619. The van der Waals surface area contributed by atoms with Crippen LogP contribution in [0.1, 0.15) is 52.9 Å². The van der Waals surface area contributed by atoms with Crippen molar-refractivity contribution in [2.75, 3.05) is 0 Å². The Hall–Kier alpha value is -0.790. The van der Waals surface area contributed by atoms with Gasteiger partial charge < -0.3 is 5.11 Å². The van der Waals surface area contributed by atoms with Crippen LogP contribution >= 0.6 is 0 Å². The van der Waals surface area contributed by atoms with E-state index in [1.54, 1.807) is 6.92 Å². The summed E-state index contributed by atoms with van der Waals surface area (Å²) in [6, 6.07) is 0. The first-order valence-electron chi connectivity index (χ1n) is 8.81. The molecule has 116 valence electrons. The maximum absolute atomic E-state index is 11.2. The van der Waals surface area contributed by atoms with E-state index in [2.05, 4.69) is 13.8 Å². The fourth-order valence-electron chi connectivity index (χ4n) is 7.15. The number of rotatable bonds is 3. The highest BCUT2D eigenvalue weighted by atomic mass is 16.4. The molecular weight excluding hydrogens is 260 g/mol. The lowest BCUT2D eigenvalue weighted by atomic mass is 9.61. The van der Waals surface area contributed by atoms with E-state index in [4.69, 9.17) is 0 Å². The summed E-state index contributed by atoms with van der Waals surface area (Å²) >= 11 is 0. The van der Waals surface area contributed by atoms with Crippen LogP contribution in [0.4, 0.5) is 0 Å². The molecule has 0 heterocycles. The second kappa shape index (κ2) is 4.36. The van der Waals surface area contributed by atoms with Gasteiger partial charge in [-0.25, -0.2) is 4.79 Å². The van der Waals surface area contributed by atoms with Gasteiger partial charge in [0.25, 0.3) is 0 Å². The lowest BCUT2D eigenvalue weighted by Gasteiger charge is -2.44. The molecule has 0 spiro atoms. The molecule has 7 atom stereocenters. The van der Waals surface area contributed by atoms with Gasteiger partial charge in [0.2, 0.25) is 0 Å². The van der Waals surface area contributed by atoms with Crippen LogP contribution in [-0.2, 0) is 4.79 Å². The van der Waals surface area contributed by atoms with Crippen LogP contribution in [0.15, 0.2) is 11.6 Å². The molecule has 21 heavy (non-hydrogen) atoms. The molecule has 2 nitrogen and oxygen atoms in total. The van der Waals surface area contributed by atoms with Crippen LogP contribution in [0.5, 0.6) is 0 Å². The average Bonchev–Trinajstić information content (AvgIpc) is 3.16. The van der Waals surface area contributed by atoms with Crippen molar-refractivity contribution in [1.29, 1.82) is 0 Å². The first kappa shape index (κ1) is 13.8. The lowest BCUT2D eigenvalue weighted by molar-refractivity contribution is -0.132. The lowest BCUT2D eigenvalue weighted by Crippen LogP contribution is -2.38. The molecule has 2 heteroatoms. The van der Waals surface area contributed by atoms with Crippen molar-refractivity contribution in [3.8, 4) is 0 Å². The van der Waals surface area contributed by atoms with Crippen LogP contribution in [-0.4, -0.2) is 11.1 Å². The van der Waals surface area contributed by atoms with Crippen LogP contribution in [0.3, 0.4) is 0 Å². The molecule has 0 saturated heterocycles. The smallest absolute Gasteiger partial charge is 0.330 e. The minimum absolute atomic E-state index is 0.0364. The Labute approximate surface area is 128 Å². The third-order valence-corrected chi connectivity index (χ3v) is 7.62. The molecule has 4 aliphatic carbocycles. The van der Waals surface area contributed by atoms with Gasteiger partial charge >= 0.3 is 5.97 Å². The largest absolute Gasteiger partial charge is 0.478 e. The zero-order chi connectivity index (χ0) is 14.9. The molecular formula is C19H28O2. The first-order valence-corrected chi connectivity index (χ1v) is 8.81. The second-order valence-electron chi connectivity index (χ2n) is 8.94. The van der Waals surface area contributed by atoms with Crippen molar-refractivity contribution in [3.05, 3.63) is 11.6 Å². The molecule has 0 aromatic rings. The molecule has 1 N–H and O–H groups in total. The Morgan fingerprint density at radius 3 is 2.38 bits per heavy atom. The second-order valence-corrected chi connectivity index (χ2v) is 8.94. The van der Waals surface area contributed by atoms with E-state index in [1.807, 2.05) is 6.08 Å². The molecule has 4 fully saturated rings. The molecule has 4 aliphatic rings. The third kappa shape index (κ3) is 1.87. The summed E-state index contributed by atoms with van der Waals surface area (Å²) in [5.74, 6) is 5.88. The number of carbonyl (C=O) groups is 1. The summed E-state index contributed by atoms with van der Waals surface area (Å²) in [7, 11) is 0. The number of hydrogen-bond acceptors (Lipinski definition) is 1. The van der Waals surface area contributed by atoms with Crippen molar-refractivity contribution in [2.45, 2.75) is 52.9 Å². The van der Waals surface area contributed by atoms with E-state index >= 15 is 0 Å². The van der Waals surface area contributed by atoms with Crippen LogP contribution in [0.2, 0.25) is 0 Å². The number of hydrogen-bond donors (Lipinski definition) is 1. The fraction of sp³-hybridized carbons (Fsp3) is 0.842. The number of carboxylic acids is 1. The molecule has 7 unspecified atom stereocenters. The van der Waals surface area contributed by atoms with Gasteiger partial charge in [0.15, 0.2) is 0 Å². The predicted octanol–water partition coefficient (Wildman–Crippen LogP) is 4.36. The van der Waals surface area contributed by atoms with E-state index in [0.29, 0.717) is 11.5 Å². The maximum atomic E-state index is 11.2. The number of aliphatic carboxylic acids is 1. The van der Waals surface area contributed by atoms with Crippen LogP contribution in [0, 0.1) is 46.8 Å². The minimum atomic E-state index is -0.760. The molecule has 0 aromatic carbocycles. The molecule has 4 rings (SSSR count).